The van der Waals surface area contributed by atoms with Crippen LogP contribution in [0.2, 0.25) is 0 Å². The molecule has 0 bridgehead atoms. The summed E-state index contributed by atoms with van der Waals surface area (Å²) in [5, 5.41) is 7.96. The molecule has 0 spiro atoms. The lowest BCUT2D eigenvalue weighted by Crippen LogP contribution is -2.58. The number of imidazole rings is 1. The molecule has 2 aliphatic heterocycles. The molecule has 1 aromatic carbocycles. The number of carbonyl (C=O) groups excluding carboxylic acids is 1. The Labute approximate surface area is 205 Å². The first kappa shape index (κ1) is 22.3. The smallest absolute Gasteiger partial charge is 0.244 e. The van der Waals surface area contributed by atoms with Gasteiger partial charge >= 0.3 is 0 Å². The van der Waals surface area contributed by atoms with Crippen LogP contribution in [0.5, 0.6) is 0 Å². The molecule has 3 aromatic heterocycles. The van der Waals surface area contributed by atoms with E-state index in [0.717, 1.165) is 16.9 Å². The van der Waals surface area contributed by atoms with Gasteiger partial charge in [0.25, 0.3) is 0 Å². The number of hydrogen-bond donors (Lipinski definition) is 2. The maximum absolute atomic E-state index is 14.7. The van der Waals surface area contributed by atoms with Crippen molar-refractivity contribution in [1.29, 1.82) is 0 Å². The SMILES string of the molecule is Cc1c(F)ccc(N2CC[C@](N)(C(=O)N3CCn4nncc4C3)C2)c1Cn1cnc2c(N)ncnc21. The van der Waals surface area contributed by atoms with E-state index in [1.807, 2.05) is 4.57 Å². The second kappa shape index (κ2) is 8.22. The number of carbonyl (C=O) groups is 1. The van der Waals surface area contributed by atoms with Gasteiger partial charge in [0.15, 0.2) is 11.5 Å². The van der Waals surface area contributed by atoms with Gasteiger partial charge in [-0.3, -0.25) is 4.79 Å². The molecule has 1 saturated heterocycles. The molecular weight excluding hydrogens is 465 g/mol. The molecule has 36 heavy (non-hydrogen) atoms. The zero-order valence-corrected chi connectivity index (χ0v) is 19.8. The quantitative estimate of drug-likeness (QED) is 0.415. The molecule has 1 atom stereocenters. The predicted molar refractivity (Wildman–Crippen MR) is 129 cm³/mol. The molecule has 4 aromatic rings. The minimum absolute atomic E-state index is 0.0920. The zero-order chi connectivity index (χ0) is 25.0. The van der Waals surface area contributed by atoms with Gasteiger partial charge in [0, 0.05) is 30.9 Å². The Hall–Kier alpha value is -4.13. The molecule has 4 N–H and O–H groups in total. The molecule has 1 fully saturated rings. The van der Waals surface area contributed by atoms with E-state index in [1.54, 1.807) is 35.1 Å². The number of nitrogens with two attached hydrogens (primary N) is 2. The minimum Gasteiger partial charge on any atom is -0.382 e. The van der Waals surface area contributed by atoms with Crippen LogP contribution in [-0.2, 0) is 24.4 Å². The van der Waals surface area contributed by atoms with E-state index in [2.05, 4.69) is 30.2 Å². The van der Waals surface area contributed by atoms with Crippen molar-refractivity contribution in [2.75, 3.05) is 30.3 Å². The van der Waals surface area contributed by atoms with Gasteiger partial charge in [-0.25, -0.2) is 24.0 Å². The van der Waals surface area contributed by atoms with Crippen molar-refractivity contribution in [1.82, 2.24) is 39.4 Å². The van der Waals surface area contributed by atoms with Gasteiger partial charge in [-0.15, -0.1) is 5.10 Å². The van der Waals surface area contributed by atoms with E-state index in [9.17, 15) is 9.18 Å². The van der Waals surface area contributed by atoms with Gasteiger partial charge in [-0.1, -0.05) is 5.21 Å². The highest BCUT2D eigenvalue weighted by molar-refractivity contribution is 5.88. The van der Waals surface area contributed by atoms with Gasteiger partial charge in [0.2, 0.25) is 5.91 Å². The van der Waals surface area contributed by atoms with Crippen LogP contribution in [0.25, 0.3) is 11.2 Å². The van der Waals surface area contributed by atoms with Crippen LogP contribution in [0.3, 0.4) is 0 Å². The third kappa shape index (κ3) is 3.54. The van der Waals surface area contributed by atoms with Crippen LogP contribution in [-0.4, -0.2) is 70.5 Å². The summed E-state index contributed by atoms with van der Waals surface area (Å²) in [6, 6.07) is 3.21. The predicted octanol–water partition coefficient (Wildman–Crippen LogP) is 0.446. The van der Waals surface area contributed by atoms with Crippen molar-refractivity contribution in [3.05, 3.63) is 53.6 Å². The summed E-state index contributed by atoms with van der Waals surface area (Å²) in [6.45, 7) is 4.55. The molecule has 5 heterocycles. The van der Waals surface area contributed by atoms with Crippen molar-refractivity contribution in [2.24, 2.45) is 5.73 Å². The average Bonchev–Trinajstić information content (AvgIpc) is 3.61. The van der Waals surface area contributed by atoms with E-state index >= 15 is 0 Å². The molecular formula is C23H26FN11O. The van der Waals surface area contributed by atoms with Crippen molar-refractivity contribution in [3.63, 3.8) is 0 Å². The van der Waals surface area contributed by atoms with Crippen LogP contribution in [0, 0.1) is 12.7 Å². The van der Waals surface area contributed by atoms with Crippen LogP contribution in [0.1, 0.15) is 23.2 Å². The molecule has 0 saturated carbocycles. The van der Waals surface area contributed by atoms with E-state index in [1.165, 1.54) is 12.4 Å². The first-order valence-electron chi connectivity index (χ1n) is 11.7. The van der Waals surface area contributed by atoms with Gasteiger partial charge in [0.1, 0.15) is 23.2 Å². The first-order valence-corrected chi connectivity index (χ1v) is 11.7. The summed E-state index contributed by atoms with van der Waals surface area (Å²) >= 11 is 0. The summed E-state index contributed by atoms with van der Waals surface area (Å²) < 4.78 is 18.3. The normalized spacial score (nSPS) is 19.8. The van der Waals surface area contributed by atoms with E-state index in [-0.39, 0.29) is 17.5 Å². The second-order valence-electron chi connectivity index (χ2n) is 9.48. The van der Waals surface area contributed by atoms with Crippen LogP contribution in [0.4, 0.5) is 15.9 Å². The number of benzene rings is 1. The maximum Gasteiger partial charge on any atom is 0.244 e. The maximum atomic E-state index is 14.7. The van der Waals surface area contributed by atoms with Crippen LogP contribution >= 0.6 is 0 Å². The Balaban J connectivity index is 1.28. The molecule has 6 rings (SSSR count). The number of nitrogen functional groups attached to an aromatic ring is 1. The number of hydrogen-bond acceptors (Lipinski definition) is 9. The van der Waals surface area contributed by atoms with Crippen molar-refractivity contribution in [2.45, 2.75) is 38.5 Å². The molecule has 2 aliphatic rings. The topological polar surface area (TPSA) is 150 Å². The van der Waals surface area contributed by atoms with E-state index < -0.39 is 5.54 Å². The zero-order valence-electron chi connectivity index (χ0n) is 19.8. The summed E-state index contributed by atoms with van der Waals surface area (Å²) in [7, 11) is 0. The molecule has 0 aliphatic carbocycles. The standard InChI is InChI=1S/C23H26FN11O/c1-14-16(10-34-13-29-19-20(25)27-12-28-21(19)34)18(3-2-17(14)24)33-5-4-23(26,11-33)22(36)32-6-7-35-15(9-32)8-30-31-35/h2-3,8,12-13H,4-7,9-11,26H2,1H3,(H2,25,27,28)/t23-/m1/s1. The van der Waals surface area contributed by atoms with Gasteiger partial charge in [-0.05, 0) is 31.0 Å². The molecule has 0 unspecified atom stereocenters. The number of halogens is 1. The summed E-state index contributed by atoms with van der Waals surface area (Å²) in [5.41, 5.74) is 15.7. The first-order chi connectivity index (χ1) is 17.3. The highest BCUT2D eigenvalue weighted by atomic mass is 19.1. The Morgan fingerprint density at radius 1 is 1.19 bits per heavy atom. The van der Waals surface area contributed by atoms with Crippen molar-refractivity contribution < 1.29 is 9.18 Å². The number of amides is 1. The van der Waals surface area contributed by atoms with Crippen molar-refractivity contribution >= 4 is 28.6 Å². The van der Waals surface area contributed by atoms with Gasteiger partial charge < -0.3 is 25.8 Å². The van der Waals surface area contributed by atoms with E-state index in [4.69, 9.17) is 11.5 Å². The lowest BCUT2D eigenvalue weighted by molar-refractivity contribution is -0.137. The van der Waals surface area contributed by atoms with Gasteiger partial charge in [-0.2, -0.15) is 0 Å². The summed E-state index contributed by atoms with van der Waals surface area (Å²) in [6.07, 6.45) is 5.18. The fourth-order valence-corrected chi connectivity index (χ4v) is 5.18. The average molecular weight is 492 g/mol. The van der Waals surface area contributed by atoms with Crippen LogP contribution < -0.4 is 16.4 Å². The number of fused-ring (bicyclic) bond motifs is 2. The number of rotatable bonds is 4. The second-order valence-corrected chi connectivity index (χ2v) is 9.48. The Morgan fingerprint density at radius 3 is 2.92 bits per heavy atom. The number of anilines is 2. The fraction of sp³-hybridized carbons (Fsp3) is 0.391. The molecule has 13 heteroatoms. The Kier molecular flexibility index (Phi) is 5.10. The third-order valence-electron chi connectivity index (χ3n) is 7.25. The molecule has 12 nitrogen and oxygen atoms in total. The number of nitrogens with zero attached hydrogens (tertiary/aromatic N) is 9. The fourth-order valence-electron chi connectivity index (χ4n) is 5.18. The van der Waals surface area contributed by atoms with Crippen molar-refractivity contribution in [3.8, 4) is 0 Å². The van der Waals surface area contributed by atoms with Gasteiger partial charge in [0.05, 0.1) is 37.9 Å². The monoisotopic (exact) mass is 491 g/mol. The van der Waals surface area contributed by atoms with E-state index in [0.29, 0.717) is 62.4 Å². The lowest BCUT2D eigenvalue weighted by atomic mass is 9.97. The number of aromatic nitrogens is 7. The highest BCUT2D eigenvalue weighted by Gasteiger charge is 2.44. The Bertz CT molecular complexity index is 1480. The lowest BCUT2D eigenvalue weighted by Gasteiger charge is -2.34. The third-order valence-corrected chi connectivity index (χ3v) is 7.25. The minimum atomic E-state index is -1.04. The summed E-state index contributed by atoms with van der Waals surface area (Å²) in [4.78, 5) is 30.0. The highest BCUT2D eigenvalue weighted by Crippen LogP contribution is 2.33. The molecule has 0 radical (unpaired) electrons. The van der Waals surface area contributed by atoms with Crippen LogP contribution in [0.15, 0.2) is 31.0 Å². The Morgan fingerprint density at radius 2 is 2.06 bits per heavy atom. The molecule has 1 amide bonds. The summed E-state index contributed by atoms with van der Waals surface area (Å²) in [5.74, 6) is -0.108. The molecule has 186 valence electrons. The largest absolute Gasteiger partial charge is 0.382 e.